The third-order valence-electron chi connectivity index (χ3n) is 4.33. The van der Waals surface area contributed by atoms with Crippen LogP contribution >= 0.6 is 11.8 Å². The van der Waals surface area contributed by atoms with Crippen LogP contribution in [0.3, 0.4) is 0 Å². The van der Waals surface area contributed by atoms with Gasteiger partial charge in [0.15, 0.2) is 0 Å². The number of rotatable bonds is 7. The van der Waals surface area contributed by atoms with E-state index in [0.717, 1.165) is 48.6 Å². The van der Waals surface area contributed by atoms with Gasteiger partial charge in [0.1, 0.15) is 5.82 Å². The molecule has 2 aromatic rings. The number of nitrogens with zero attached hydrogens (tertiary/aromatic N) is 2. The zero-order valence-electron chi connectivity index (χ0n) is 14.3. The van der Waals surface area contributed by atoms with Crippen LogP contribution in [-0.4, -0.2) is 39.7 Å². The molecule has 6 heteroatoms. The first-order valence-corrected chi connectivity index (χ1v) is 9.78. The highest BCUT2D eigenvalue weighted by Gasteiger charge is 2.19. The van der Waals surface area contributed by atoms with E-state index in [1.54, 1.807) is 11.8 Å². The van der Waals surface area contributed by atoms with Crippen LogP contribution in [0.5, 0.6) is 0 Å². The maximum absolute atomic E-state index is 12.2. The third kappa shape index (κ3) is 3.92. The van der Waals surface area contributed by atoms with E-state index in [9.17, 15) is 4.79 Å². The molecule has 1 saturated heterocycles. The number of thioether (sulfide) groups is 1. The number of fused-ring (bicyclic) bond motifs is 1. The fraction of sp³-hybridized carbons (Fsp3) is 0.556. The molecule has 5 nitrogen and oxygen atoms in total. The molecular weight excluding hydrogens is 322 g/mol. The molecule has 3 rings (SSSR count). The molecule has 0 saturated carbocycles. The van der Waals surface area contributed by atoms with E-state index in [0.29, 0.717) is 11.9 Å². The molecule has 0 radical (unpaired) electrons. The second-order valence-electron chi connectivity index (χ2n) is 6.14. The molecule has 1 aromatic heterocycles. The Balaban J connectivity index is 1.57. The first kappa shape index (κ1) is 17.3. The Bertz CT molecular complexity index is 695. The summed E-state index contributed by atoms with van der Waals surface area (Å²) >= 11 is 1.65. The summed E-state index contributed by atoms with van der Waals surface area (Å²) < 4.78 is 7.75. The molecule has 0 aliphatic carbocycles. The molecule has 0 bridgehead atoms. The highest BCUT2D eigenvalue weighted by atomic mass is 32.2. The summed E-state index contributed by atoms with van der Waals surface area (Å²) in [5.74, 6) is 2.34. The first-order chi connectivity index (χ1) is 11.7. The predicted molar refractivity (Wildman–Crippen MR) is 98.3 cm³/mol. The van der Waals surface area contributed by atoms with Gasteiger partial charge < -0.3 is 14.6 Å². The number of ether oxygens (including phenoxy) is 1. The molecule has 1 N–H and O–H groups in total. The number of carbonyl (C=O) groups excluding carboxylic acids is 1. The lowest BCUT2D eigenvalue weighted by molar-refractivity contribution is -0.119. The van der Waals surface area contributed by atoms with Crippen molar-refractivity contribution < 1.29 is 9.53 Å². The van der Waals surface area contributed by atoms with Crippen LogP contribution in [-0.2, 0) is 16.1 Å². The number of aryl methyl sites for hydroxylation is 1. The van der Waals surface area contributed by atoms with Crippen LogP contribution in [0.2, 0.25) is 0 Å². The number of para-hydroxylation sites is 2. The Labute approximate surface area is 147 Å². The molecule has 1 fully saturated rings. The summed E-state index contributed by atoms with van der Waals surface area (Å²) in [4.78, 5) is 16.9. The van der Waals surface area contributed by atoms with Crippen molar-refractivity contribution in [2.75, 3.05) is 18.1 Å². The second-order valence-corrected chi connectivity index (χ2v) is 7.17. The van der Waals surface area contributed by atoms with E-state index in [1.165, 1.54) is 0 Å². The van der Waals surface area contributed by atoms with Gasteiger partial charge in [0.05, 0.1) is 28.9 Å². The predicted octanol–water partition coefficient (Wildman–Crippen LogP) is 3.15. The molecule has 1 amide bonds. The van der Waals surface area contributed by atoms with Crippen molar-refractivity contribution in [3.05, 3.63) is 30.1 Å². The Morgan fingerprint density at radius 3 is 3.08 bits per heavy atom. The van der Waals surface area contributed by atoms with Crippen LogP contribution < -0.4 is 5.32 Å². The minimum absolute atomic E-state index is 0.0557. The summed E-state index contributed by atoms with van der Waals surface area (Å²) in [5, 5.41) is 3.07. The molecule has 130 valence electrons. The van der Waals surface area contributed by atoms with Crippen molar-refractivity contribution in [1.82, 2.24) is 14.9 Å². The van der Waals surface area contributed by atoms with Crippen LogP contribution in [0, 0.1) is 0 Å². The summed E-state index contributed by atoms with van der Waals surface area (Å²) in [6.45, 7) is 5.80. The number of benzene rings is 1. The number of nitrogens with one attached hydrogen (secondary N) is 1. The van der Waals surface area contributed by atoms with Crippen molar-refractivity contribution in [3.8, 4) is 0 Å². The lowest BCUT2D eigenvalue weighted by atomic mass is 10.3. The number of hydrogen-bond acceptors (Lipinski definition) is 4. The standard InChI is InChI=1S/C18H25N3O2S/c1-3-21-16-9-5-4-8-15(16)20-18(21)13(2)19-17(22)12-24-11-14-7-6-10-23-14/h4-5,8-9,13-14H,3,6-7,10-12H2,1-2H3,(H,19,22). The number of aromatic nitrogens is 2. The average Bonchev–Trinajstić information content (AvgIpc) is 3.21. The highest BCUT2D eigenvalue weighted by Crippen LogP contribution is 2.21. The van der Waals surface area contributed by atoms with E-state index >= 15 is 0 Å². The summed E-state index contributed by atoms with van der Waals surface area (Å²) in [6, 6.07) is 7.99. The zero-order valence-corrected chi connectivity index (χ0v) is 15.1. The van der Waals surface area contributed by atoms with E-state index in [1.807, 2.05) is 25.1 Å². The monoisotopic (exact) mass is 347 g/mol. The fourth-order valence-corrected chi connectivity index (χ4v) is 4.08. The zero-order chi connectivity index (χ0) is 16.9. The van der Waals surface area contributed by atoms with Gasteiger partial charge in [0, 0.05) is 18.9 Å². The van der Waals surface area contributed by atoms with E-state index in [2.05, 4.69) is 22.9 Å². The molecule has 24 heavy (non-hydrogen) atoms. The van der Waals surface area contributed by atoms with Crippen molar-refractivity contribution in [1.29, 1.82) is 0 Å². The summed E-state index contributed by atoms with van der Waals surface area (Å²) in [5.41, 5.74) is 2.09. The lowest BCUT2D eigenvalue weighted by Gasteiger charge is -2.15. The smallest absolute Gasteiger partial charge is 0.230 e. The van der Waals surface area contributed by atoms with Crippen LogP contribution in [0.4, 0.5) is 0 Å². The van der Waals surface area contributed by atoms with Crippen molar-refractivity contribution in [3.63, 3.8) is 0 Å². The molecule has 1 aliphatic rings. The number of carbonyl (C=O) groups is 1. The average molecular weight is 347 g/mol. The molecule has 2 unspecified atom stereocenters. The van der Waals surface area contributed by atoms with Gasteiger partial charge in [-0.3, -0.25) is 4.79 Å². The Morgan fingerprint density at radius 2 is 2.33 bits per heavy atom. The normalized spacial score (nSPS) is 18.8. The number of imidazole rings is 1. The summed E-state index contributed by atoms with van der Waals surface area (Å²) in [6.07, 6.45) is 2.58. The summed E-state index contributed by atoms with van der Waals surface area (Å²) in [7, 11) is 0. The Hall–Kier alpha value is -1.53. The third-order valence-corrected chi connectivity index (χ3v) is 5.40. The lowest BCUT2D eigenvalue weighted by Crippen LogP contribution is -2.30. The molecule has 2 atom stereocenters. The Kier molecular flexibility index (Phi) is 5.79. The first-order valence-electron chi connectivity index (χ1n) is 8.63. The molecule has 0 spiro atoms. The van der Waals surface area contributed by atoms with Gasteiger partial charge in [-0.1, -0.05) is 12.1 Å². The van der Waals surface area contributed by atoms with E-state index in [4.69, 9.17) is 9.72 Å². The van der Waals surface area contributed by atoms with Gasteiger partial charge in [0.2, 0.25) is 5.91 Å². The van der Waals surface area contributed by atoms with Gasteiger partial charge in [-0.05, 0) is 38.8 Å². The van der Waals surface area contributed by atoms with Crippen molar-refractivity contribution in [2.45, 2.75) is 45.4 Å². The van der Waals surface area contributed by atoms with Crippen molar-refractivity contribution in [2.24, 2.45) is 0 Å². The minimum Gasteiger partial charge on any atom is -0.377 e. The minimum atomic E-state index is -0.104. The molecule has 1 aliphatic heterocycles. The van der Waals surface area contributed by atoms with Crippen LogP contribution in [0.25, 0.3) is 11.0 Å². The van der Waals surface area contributed by atoms with E-state index < -0.39 is 0 Å². The van der Waals surface area contributed by atoms with Gasteiger partial charge in [-0.25, -0.2) is 4.98 Å². The maximum atomic E-state index is 12.2. The second kappa shape index (κ2) is 8.03. The topological polar surface area (TPSA) is 56.2 Å². The molecule has 1 aromatic carbocycles. The van der Waals surface area contributed by atoms with E-state index in [-0.39, 0.29) is 11.9 Å². The van der Waals surface area contributed by atoms with Gasteiger partial charge >= 0.3 is 0 Å². The van der Waals surface area contributed by atoms with Crippen LogP contribution in [0.1, 0.15) is 38.6 Å². The fourth-order valence-electron chi connectivity index (χ4n) is 3.16. The van der Waals surface area contributed by atoms with Gasteiger partial charge in [0.25, 0.3) is 0 Å². The quantitative estimate of drug-likeness (QED) is 0.836. The SMILES string of the molecule is CCn1c(C(C)NC(=O)CSCC2CCCO2)nc2ccccc21. The van der Waals surface area contributed by atoms with Gasteiger partial charge in [-0.2, -0.15) is 0 Å². The van der Waals surface area contributed by atoms with Gasteiger partial charge in [-0.15, -0.1) is 11.8 Å². The Morgan fingerprint density at radius 1 is 1.50 bits per heavy atom. The largest absolute Gasteiger partial charge is 0.377 e. The highest BCUT2D eigenvalue weighted by molar-refractivity contribution is 7.99. The number of hydrogen-bond donors (Lipinski definition) is 1. The van der Waals surface area contributed by atoms with Crippen molar-refractivity contribution >= 4 is 28.7 Å². The van der Waals surface area contributed by atoms with Crippen LogP contribution in [0.15, 0.2) is 24.3 Å². The maximum Gasteiger partial charge on any atom is 0.230 e. The molecular formula is C18H25N3O2S. The molecule has 2 heterocycles. The number of amides is 1.